The number of nitrogens with one attached hydrogen (secondary N) is 1. The van der Waals surface area contributed by atoms with Gasteiger partial charge in [-0.05, 0) is 32.0 Å². The van der Waals surface area contributed by atoms with Crippen molar-refractivity contribution in [1.82, 2.24) is 20.1 Å². The summed E-state index contributed by atoms with van der Waals surface area (Å²) in [7, 11) is 1.86. The maximum absolute atomic E-state index is 5.85. The Morgan fingerprint density at radius 2 is 2.16 bits per heavy atom. The monoisotopic (exact) mass is 260 g/mol. The van der Waals surface area contributed by atoms with Gasteiger partial charge in [0.25, 0.3) is 0 Å². The third-order valence-electron chi connectivity index (χ3n) is 2.88. The summed E-state index contributed by atoms with van der Waals surface area (Å²) < 4.78 is 7.56. The summed E-state index contributed by atoms with van der Waals surface area (Å²) >= 11 is 0. The summed E-state index contributed by atoms with van der Waals surface area (Å²) in [5.41, 5.74) is 3.24. The molecule has 2 aromatic rings. The average molecular weight is 260 g/mol. The highest BCUT2D eigenvalue weighted by Crippen LogP contribution is 2.25. The van der Waals surface area contributed by atoms with E-state index in [9.17, 15) is 0 Å². The Hall–Kier alpha value is -1.88. The van der Waals surface area contributed by atoms with Crippen molar-refractivity contribution in [3.05, 3.63) is 35.3 Å². The van der Waals surface area contributed by atoms with Crippen molar-refractivity contribution in [2.45, 2.75) is 27.3 Å². The molecule has 2 rings (SSSR count). The number of pyridine rings is 1. The second kappa shape index (κ2) is 5.84. The Bertz CT molecular complexity index is 563. The van der Waals surface area contributed by atoms with Crippen LogP contribution in [0.4, 0.5) is 0 Å². The van der Waals surface area contributed by atoms with E-state index in [4.69, 9.17) is 4.74 Å². The van der Waals surface area contributed by atoms with E-state index in [0.29, 0.717) is 11.6 Å². The second-order valence-electron chi connectivity index (χ2n) is 4.60. The van der Waals surface area contributed by atoms with E-state index >= 15 is 0 Å². The summed E-state index contributed by atoms with van der Waals surface area (Å²) in [6.45, 7) is 7.81. The van der Waals surface area contributed by atoms with Crippen molar-refractivity contribution in [2.24, 2.45) is 7.05 Å². The third kappa shape index (κ3) is 3.32. The molecule has 0 atom stereocenters. The van der Waals surface area contributed by atoms with Crippen LogP contribution in [0.3, 0.4) is 0 Å². The zero-order valence-electron chi connectivity index (χ0n) is 11.9. The smallest absolute Gasteiger partial charge is 0.224 e. The first-order valence-electron chi connectivity index (χ1n) is 6.44. The van der Waals surface area contributed by atoms with Crippen molar-refractivity contribution >= 4 is 0 Å². The number of aryl methyl sites for hydroxylation is 3. The van der Waals surface area contributed by atoms with Gasteiger partial charge in [-0.25, -0.2) is 4.98 Å². The van der Waals surface area contributed by atoms with Crippen molar-refractivity contribution in [3.63, 3.8) is 0 Å². The van der Waals surface area contributed by atoms with Crippen LogP contribution in [0.15, 0.2) is 18.5 Å². The fourth-order valence-corrected chi connectivity index (χ4v) is 1.94. The fraction of sp³-hybridized carbons (Fsp3) is 0.429. The van der Waals surface area contributed by atoms with Gasteiger partial charge in [0.2, 0.25) is 5.88 Å². The van der Waals surface area contributed by atoms with Crippen LogP contribution in [0.5, 0.6) is 11.6 Å². The number of ether oxygens (including phenoxy) is 1. The van der Waals surface area contributed by atoms with Crippen LogP contribution >= 0.6 is 0 Å². The minimum Gasteiger partial charge on any atom is -0.435 e. The topological polar surface area (TPSA) is 52.0 Å². The van der Waals surface area contributed by atoms with E-state index in [1.807, 2.05) is 20.2 Å². The predicted octanol–water partition coefficient (Wildman–Crippen LogP) is 2.33. The molecule has 5 heteroatoms. The zero-order chi connectivity index (χ0) is 13.8. The molecular weight excluding hydrogens is 240 g/mol. The van der Waals surface area contributed by atoms with Crippen LogP contribution in [-0.2, 0) is 13.6 Å². The highest BCUT2D eigenvalue weighted by atomic mass is 16.5. The van der Waals surface area contributed by atoms with Gasteiger partial charge < -0.3 is 10.1 Å². The van der Waals surface area contributed by atoms with Gasteiger partial charge >= 0.3 is 0 Å². The van der Waals surface area contributed by atoms with Crippen molar-refractivity contribution in [2.75, 3.05) is 6.54 Å². The molecule has 2 aromatic heterocycles. The molecule has 0 spiro atoms. The first kappa shape index (κ1) is 13.5. The van der Waals surface area contributed by atoms with Gasteiger partial charge in [-0.3, -0.25) is 4.68 Å². The summed E-state index contributed by atoms with van der Waals surface area (Å²) in [4.78, 5) is 4.49. The molecule has 0 aliphatic carbocycles. The van der Waals surface area contributed by atoms with Gasteiger partial charge in [-0.2, -0.15) is 5.10 Å². The number of hydrogen-bond acceptors (Lipinski definition) is 4. The van der Waals surface area contributed by atoms with Gasteiger partial charge in [0.15, 0.2) is 5.75 Å². The van der Waals surface area contributed by atoms with Crippen LogP contribution in [0.25, 0.3) is 0 Å². The van der Waals surface area contributed by atoms with Crippen molar-refractivity contribution < 1.29 is 4.74 Å². The lowest BCUT2D eigenvalue weighted by atomic mass is 10.1. The van der Waals surface area contributed by atoms with Gasteiger partial charge in [0, 0.05) is 24.8 Å². The SMILES string of the molecule is CCNCc1c(C)cc(C)nc1Oc1cnn(C)c1. The number of rotatable bonds is 5. The van der Waals surface area contributed by atoms with Crippen LogP contribution in [0.2, 0.25) is 0 Å². The van der Waals surface area contributed by atoms with Crippen LogP contribution in [-0.4, -0.2) is 21.3 Å². The molecule has 0 aliphatic heterocycles. The summed E-state index contributed by atoms with van der Waals surface area (Å²) in [5.74, 6) is 1.36. The highest BCUT2D eigenvalue weighted by molar-refractivity contribution is 5.38. The lowest BCUT2D eigenvalue weighted by molar-refractivity contribution is 0.450. The predicted molar refractivity (Wildman–Crippen MR) is 74.4 cm³/mol. The molecule has 0 radical (unpaired) electrons. The molecule has 1 N–H and O–H groups in total. The summed E-state index contributed by atoms with van der Waals surface area (Å²) in [6.07, 6.45) is 3.52. The van der Waals surface area contributed by atoms with E-state index < -0.39 is 0 Å². The Balaban J connectivity index is 2.31. The van der Waals surface area contributed by atoms with Gasteiger partial charge in [-0.1, -0.05) is 6.92 Å². The molecular formula is C14H20N4O. The number of nitrogens with zero attached hydrogens (tertiary/aromatic N) is 3. The van der Waals surface area contributed by atoms with Crippen molar-refractivity contribution in [1.29, 1.82) is 0 Å². The van der Waals surface area contributed by atoms with Gasteiger partial charge in [0.05, 0.1) is 12.4 Å². The first-order valence-corrected chi connectivity index (χ1v) is 6.44. The van der Waals surface area contributed by atoms with Crippen molar-refractivity contribution in [3.8, 4) is 11.6 Å². The van der Waals surface area contributed by atoms with E-state index in [-0.39, 0.29) is 0 Å². The molecule has 0 aromatic carbocycles. The molecule has 102 valence electrons. The minimum absolute atomic E-state index is 0.659. The maximum atomic E-state index is 5.85. The normalized spacial score (nSPS) is 10.7. The average Bonchev–Trinajstić information content (AvgIpc) is 2.73. The van der Waals surface area contributed by atoms with E-state index in [2.05, 4.69) is 35.3 Å². The van der Waals surface area contributed by atoms with Crippen LogP contribution < -0.4 is 10.1 Å². The largest absolute Gasteiger partial charge is 0.435 e. The Labute approximate surface area is 113 Å². The molecule has 0 unspecified atom stereocenters. The molecule has 19 heavy (non-hydrogen) atoms. The Kier molecular flexibility index (Phi) is 4.16. The second-order valence-corrected chi connectivity index (χ2v) is 4.60. The number of hydrogen-bond donors (Lipinski definition) is 1. The molecule has 5 nitrogen and oxygen atoms in total. The summed E-state index contributed by atoms with van der Waals surface area (Å²) in [5, 5.41) is 7.41. The minimum atomic E-state index is 0.659. The molecule has 0 fully saturated rings. The van der Waals surface area contributed by atoms with E-state index in [0.717, 1.165) is 24.3 Å². The lowest BCUT2D eigenvalue weighted by Crippen LogP contribution is -2.14. The third-order valence-corrected chi connectivity index (χ3v) is 2.88. The quantitative estimate of drug-likeness (QED) is 0.896. The fourth-order valence-electron chi connectivity index (χ4n) is 1.94. The van der Waals surface area contributed by atoms with Gasteiger partial charge in [0.1, 0.15) is 0 Å². The maximum Gasteiger partial charge on any atom is 0.224 e. The molecule has 0 amide bonds. The zero-order valence-corrected chi connectivity index (χ0v) is 11.9. The molecule has 2 heterocycles. The molecule has 0 saturated heterocycles. The molecule has 0 aliphatic rings. The van der Waals surface area contributed by atoms with Crippen LogP contribution in [0, 0.1) is 13.8 Å². The lowest BCUT2D eigenvalue weighted by Gasteiger charge is -2.13. The highest BCUT2D eigenvalue weighted by Gasteiger charge is 2.11. The van der Waals surface area contributed by atoms with E-state index in [1.165, 1.54) is 5.56 Å². The van der Waals surface area contributed by atoms with E-state index in [1.54, 1.807) is 10.9 Å². The first-order chi connectivity index (χ1) is 9.10. The summed E-state index contributed by atoms with van der Waals surface area (Å²) in [6, 6.07) is 2.07. The van der Waals surface area contributed by atoms with Gasteiger partial charge in [-0.15, -0.1) is 0 Å². The number of aromatic nitrogens is 3. The molecule has 0 bridgehead atoms. The Morgan fingerprint density at radius 1 is 1.37 bits per heavy atom. The Morgan fingerprint density at radius 3 is 2.79 bits per heavy atom. The standard InChI is InChI=1S/C14H20N4O/c1-5-15-8-13-10(2)6-11(3)17-14(13)19-12-7-16-18(4)9-12/h6-7,9,15H,5,8H2,1-4H3. The molecule has 0 saturated carbocycles. The van der Waals surface area contributed by atoms with Crippen LogP contribution in [0.1, 0.15) is 23.7 Å².